The van der Waals surface area contributed by atoms with Crippen LogP contribution in [0.5, 0.6) is 0 Å². The fourth-order valence-electron chi connectivity index (χ4n) is 2.51. The average molecular weight is 268 g/mol. The van der Waals surface area contributed by atoms with E-state index in [0.717, 1.165) is 49.1 Å². The Morgan fingerprint density at radius 2 is 1.70 bits per heavy atom. The molecular formula is C16H20N4. The molecule has 0 amide bonds. The molecule has 104 valence electrons. The molecule has 3 rings (SSSR count). The van der Waals surface area contributed by atoms with Crippen LogP contribution in [-0.4, -0.2) is 36.1 Å². The SMILES string of the molecule is Cc1nc(-c2ccccc2)nc(N2CCNCC2)c1C. The molecule has 0 radical (unpaired) electrons. The van der Waals surface area contributed by atoms with Crippen molar-refractivity contribution in [2.45, 2.75) is 13.8 Å². The number of anilines is 1. The van der Waals surface area contributed by atoms with Gasteiger partial charge in [0.05, 0.1) is 0 Å². The second kappa shape index (κ2) is 5.59. The van der Waals surface area contributed by atoms with Crippen molar-refractivity contribution >= 4 is 5.82 Å². The van der Waals surface area contributed by atoms with Crippen LogP contribution in [0.3, 0.4) is 0 Å². The average Bonchev–Trinajstić information content (AvgIpc) is 2.51. The van der Waals surface area contributed by atoms with E-state index >= 15 is 0 Å². The van der Waals surface area contributed by atoms with Crippen LogP contribution in [0.15, 0.2) is 30.3 Å². The van der Waals surface area contributed by atoms with E-state index in [0.29, 0.717) is 0 Å². The number of hydrogen-bond acceptors (Lipinski definition) is 4. The number of aromatic nitrogens is 2. The summed E-state index contributed by atoms with van der Waals surface area (Å²) >= 11 is 0. The first-order chi connectivity index (χ1) is 9.75. The Bertz CT molecular complexity index is 589. The number of aryl methyl sites for hydroxylation is 1. The van der Waals surface area contributed by atoms with Crippen molar-refractivity contribution in [3.05, 3.63) is 41.6 Å². The highest BCUT2D eigenvalue weighted by molar-refractivity contribution is 5.60. The molecule has 20 heavy (non-hydrogen) atoms. The van der Waals surface area contributed by atoms with Crippen LogP contribution in [0.25, 0.3) is 11.4 Å². The largest absolute Gasteiger partial charge is 0.354 e. The van der Waals surface area contributed by atoms with E-state index in [4.69, 9.17) is 4.98 Å². The Hall–Kier alpha value is -1.94. The van der Waals surface area contributed by atoms with Crippen LogP contribution in [0.2, 0.25) is 0 Å². The maximum atomic E-state index is 4.81. The summed E-state index contributed by atoms with van der Waals surface area (Å²) in [5, 5.41) is 3.38. The first kappa shape index (κ1) is 13.1. The molecule has 1 fully saturated rings. The standard InChI is InChI=1S/C16H20N4/c1-12-13(2)18-15(14-6-4-3-5-7-14)19-16(12)20-10-8-17-9-11-20/h3-7,17H,8-11H2,1-2H3. The second-order valence-electron chi connectivity index (χ2n) is 5.18. The van der Waals surface area contributed by atoms with Crippen molar-refractivity contribution in [1.82, 2.24) is 15.3 Å². The van der Waals surface area contributed by atoms with E-state index in [1.54, 1.807) is 0 Å². The van der Waals surface area contributed by atoms with Gasteiger partial charge in [-0.2, -0.15) is 0 Å². The lowest BCUT2D eigenvalue weighted by molar-refractivity contribution is 0.583. The molecule has 0 bridgehead atoms. The lowest BCUT2D eigenvalue weighted by Gasteiger charge is -2.30. The molecule has 4 nitrogen and oxygen atoms in total. The van der Waals surface area contributed by atoms with Gasteiger partial charge in [0, 0.05) is 43.0 Å². The van der Waals surface area contributed by atoms with Gasteiger partial charge in [-0.3, -0.25) is 0 Å². The third-order valence-electron chi connectivity index (χ3n) is 3.81. The van der Waals surface area contributed by atoms with Gasteiger partial charge in [-0.25, -0.2) is 9.97 Å². The topological polar surface area (TPSA) is 41.1 Å². The monoisotopic (exact) mass is 268 g/mol. The molecule has 1 aromatic carbocycles. The van der Waals surface area contributed by atoms with Crippen molar-refractivity contribution in [3.63, 3.8) is 0 Å². The molecule has 2 heterocycles. The minimum atomic E-state index is 0.822. The van der Waals surface area contributed by atoms with E-state index in [1.165, 1.54) is 5.56 Å². The summed E-state index contributed by atoms with van der Waals surface area (Å²) in [5.74, 6) is 1.90. The fraction of sp³-hybridized carbons (Fsp3) is 0.375. The molecule has 1 aromatic heterocycles. The molecule has 0 unspecified atom stereocenters. The van der Waals surface area contributed by atoms with E-state index in [9.17, 15) is 0 Å². The summed E-state index contributed by atoms with van der Waals surface area (Å²) in [6, 6.07) is 10.2. The normalized spacial score (nSPS) is 15.4. The summed E-state index contributed by atoms with van der Waals surface area (Å²) in [7, 11) is 0. The zero-order valence-electron chi connectivity index (χ0n) is 12.1. The Kier molecular flexibility index (Phi) is 3.65. The minimum absolute atomic E-state index is 0.822. The van der Waals surface area contributed by atoms with Crippen molar-refractivity contribution in [1.29, 1.82) is 0 Å². The van der Waals surface area contributed by atoms with Crippen LogP contribution in [0, 0.1) is 13.8 Å². The van der Waals surface area contributed by atoms with E-state index in [-0.39, 0.29) is 0 Å². The van der Waals surface area contributed by atoms with Gasteiger partial charge in [-0.05, 0) is 13.8 Å². The van der Waals surface area contributed by atoms with Gasteiger partial charge in [0.15, 0.2) is 5.82 Å². The number of nitrogens with one attached hydrogen (secondary N) is 1. The zero-order chi connectivity index (χ0) is 13.9. The molecule has 1 N–H and O–H groups in total. The smallest absolute Gasteiger partial charge is 0.161 e. The van der Waals surface area contributed by atoms with Gasteiger partial charge in [-0.1, -0.05) is 30.3 Å². The van der Waals surface area contributed by atoms with E-state index < -0.39 is 0 Å². The van der Waals surface area contributed by atoms with Crippen LogP contribution in [0.1, 0.15) is 11.3 Å². The zero-order valence-corrected chi connectivity index (χ0v) is 12.1. The van der Waals surface area contributed by atoms with Gasteiger partial charge in [-0.15, -0.1) is 0 Å². The Morgan fingerprint density at radius 1 is 1.00 bits per heavy atom. The molecule has 1 aliphatic heterocycles. The summed E-state index contributed by atoms with van der Waals surface area (Å²) in [4.78, 5) is 11.8. The Labute approximate surface area is 119 Å². The van der Waals surface area contributed by atoms with Crippen LogP contribution < -0.4 is 10.2 Å². The molecule has 0 aliphatic carbocycles. The number of piperazine rings is 1. The summed E-state index contributed by atoms with van der Waals surface area (Å²) in [6.45, 7) is 8.22. The lowest BCUT2D eigenvalue weighted by atomic mass is 10.1. The maximum Gasteiger partial charge on any atom is 0.161 e. The molecule has 0 atom stereocenters. The molecule has 0 spiro atoms. The maximum absolute atomic E-state index is 4.81. The quantitative estimate of drug-likeness (QED) is 0.906. The third-order valence-corrected chi connectivity index (χ3v) is 3.81. The first-order valence-electron chi connectivity index (χ1n) is 7.12. The third kappa shape index (κ3) is 2.51. The van der Waals surface area contributed by atoms with Crippen LogP contribution in [-0.2, 0) is 0 Å². The van der Waals surface area contributed by atoms with Gasteiger partial charge in [0.2, 0.25) is 0 Å². The van der Waals surface area contributed by atoms with Crippen molar-refractivity contribution in [2.24, 2.45) is 0 Å². The fourth-order valence-corrected chi connectivity index (χ4v) is 2.51. The second-order valence-corrected chi connectivity index (χ2v) is 5.18. The van der Waals surface area contributed by atoms with E-state index in [1.807, 2.05) is 18.2 Å². The Balaban J connectivity index is 2.03. The number of rotatable bonds is 2. The highest BCUT2D eigenvalue weighted by Crippen LogP contribution is 2.24. The van der Waals surface area contributed by atoms with Crippen LogP contribution >= 0.6 is 0 Å². The summed E-state index contributed by atoms with van der Waals surface area (Å²) < 4.78 is 0. The minimum Gasteiger partial charge on any atom is -0.354 e. The first-order valence-corrected chi connectivity index (χ1v) is 7.12. The number of nitrogens with zero attached hydrogens (tertiary/aromatic N) is 3. The van der Waals surface area contributed by atoms with Gasteiger partial charge >= 0.3 is 0 Å². The highest BCUT2D eigenvalue weighted by atomic mass is 15.2. The highest BCUT2D eigenvalue weighted by Gasteiger charge is 2.17. The van der Waals surface area contributed by atoms with E-state index in [2.05, 4.69) is 41.2 Å². The summed E-state index contributed by atoms with van der Waals surface area (Å²) in [6.07, 6.45) is 0. The predicted molar refractivity (Wildman–Crippen MR) is 82.0 cm³/mol. The lowest BCUT2D eigenvalue weighted by Crippen LogP contribution is -2.44. The van der Waals surface area contributed by atoms with Gasteiger partial charge in [0.25, 0.3) is 0 Å². The van der Waals surface area contributed by atoms with Gasteiger partial charge < -0.3 is 10.2 Å². The van der Waals surface area contributed by atoms with Crippen molar-refractivity contribution < 1.29 is 0 Å². The Morgan fingerprint density at radius 3 is 2.40 bits per heavy atom. The number of hydrogen-bond donors (Lipinski definition) is 1. The molecule has 4 heteroatoms. The number of benzene rings is 1. The molecular weight excluding hydrogens is 248 g/mol. The molecule has 1 saturated heterocycles. The predicted octanol–water partition coefficient (Wildman–Crippen LogP) is 2.17. The molecule has 2 aromatic rings. The van der Waals surface area contributed by atoms with Crippen molar-refractivity contribution in [2.75, 3.05) is 31.1 Å². The van der Waals surface area contributed by atoms with Gasteiger partial charge in [0.1, 0.15) is 5.82 Å². The molecule has 0 saturated carbocycles. The summed E-state index contributed by atoms with van der Waals surface area (Å²) in [5.41, 5.74) is 3.32. The molecule has 1 aliphatic rings. The van der Waals surface area contributed by atoms with Crippen LogP contribution in [0.4, 0.5) is 5.82 Å². The van der Waals surface area contributed by atoms with Crippen molar-refractivity contribution in [3.8, 4) is 11.4 Å².